The molecule has 0 spiro atoms. The van der Waals surface area contributed by atoms with Gasteiger partial charge in [0.2, 0.25) is 0 Å². The van der Waals surface area contributed by atoms with Crippen molar-refractivity contribution in [2.75, 3.05) is 0 Å². The summed E-state index contributed by atoms with van der Waals surface area (Å²) in [6.07, 6.45) is -2.63. The minimum absolute atomic E-state index is 0.0160. The van der Waals surface area contributed by atoms with Crippen molar-refractivity contribution in [3.05, 3.63) is 35.1 Å². The lowest BCUT2D eigenvalue weighted by Gasteiger charge is -2.17. The first-order valence-electron chi connectivity index (χ1n) is 4.58. The minimum atomic E-state index is -1.45. The Hall–Kier alpha value is -1.77. The molecule has 2 atom stereocenters. The van der Waals surface area contributed by atoms with E-state index in [9.17, 15) is 19.4 Å². The van der Waals surface area contributed by atoms with Gasteiger partial charge >= 0.3 is 0 Å². The minimum Gasteiger partial charge on any atom is -0.389 e. The van der Waals surface area contributed by atoms with Crippen LogP contribution < -0.4 is 0 Å². The van der Waals surface area contributed by atoms with Crippen LogP contribution in [-0.2, 0) is 0 Å². The molecule has 0 aliphatic rings. The number of aliphatic hydroxyl groups excluding tert-OH is 2. The second-order valence-electron chi connectivity index (χ2n) is 3.27. The maximum Gasteiger partial charge on any atom is 0.150 e. The number of carbonyl (C=O) groups excluding carboxylic acids is 1. The summed E-state index contributed by atoms with van der Waals surface area (Å²) in [5.41, 5.74) is 0.0728. The van der Waals surface area contributed by atoms with Crippen LogP contribution >= 0.6 is 0 Å². The standard InChI is InChI=1S/C11H10FNO3/c12-8-2-1-7(6-14)9(5-8)11(16)10(15)3-4-13/h1-2,5-6,10-11,15-16H,3H2. The maximum atomic E-state index is 12.9. The van der Waals surface area contributed by atoms with Crippen molar-refractivity contribution in [3.8, 4) is 6.07 Å². The first-order valence-corrected chi connectivity index (χ1v) is 4.58. The topological polar surface area (TPSA) is 81.3 Å². The van der Waals surface area contributed by atoms with Gasteiger partial charge in [-0.3, -0.25) is 4.79 Å². The van der Waals surface area contributed by atoms with E-state index in [1.54, 1.807) is 6.07 Å². The number of nitrogens with zero attached hydrogens (tertiary/aromatic N) is 1. The van der Waals surface area contributed by atoms with Crippen LogP contribution in [0.2, 0.25) is 0 Å². The normalized spacial score (nSPS) is 13.9. The highest BCUT2D eigenvalue weighted by Gasteiger charge is 2.21. The van der Waals surface area contributed by atoms with E-state index < -0.39 is 18.0 Å². The highest BCUT2D eigenvalue weighted by molar-refractivity contribution is 5.77. The average Bonchev–Trinajstić information content (AvgIpc) is 2.28. The number of aliphatic hydroxyl groups is 2. The molecule has 0 saturated carbocycles. The molecule has 5 heteroatoms. The molecule has 1 aromatic rings. The Morgan fingerprint density at radius 1 is 1.50 bits per heavy atom. The van der Waals surface area contributed by atoms with Gasteiger partial charge in [-0.05, 0) is 23.8 Å². The molecule has 0 aliphatic carbocycles. The third kappa shape index (κ3) is 2.63. The third-order valence-electron chi connectivity index (χ3n) is 2.16. The molecule has 4 nitrogen and oxygen atoms in total. The predicted octanol–water partition coefficient (Wildman–Crippen LogP) is 0.946. The molecule has 2 N–H and O–H groups in total. The molecule has 0 heterocycles. The summed E-state index contributed by atoms with van der Waals surface area (Å²) in [5, 5.41) is 27.3. The zero-order valence-electron chi connectivity index (χ0n) is 8.30. The van der Waals surface area contributed by atoms with E-state index in [0.717, 1.165) is 12.1 Å². The molecule has 0 aliphatic heterocycles. The highest BCUT2D eigenvalue weighted by Crippen LogP contribution is 2.22. The molecular formula is C11H10FNO3. The maximum absolute atomic E-state index is 12.9. The summed E-state index contributed by atoms with van der Waals surface area (Å²) in [5.74, 6) is -0.621. The quantitative estimate of drug-likeness (QED) is 0.744. The Morgan fingerprint density at radius 3 is 2.75 bits per heavy atom. The van der Waals surface area contributed by atoms with Crippen LogP contribution in [0.4, 0.5) is 4.39 Å². The van der Waals surface area contributed by atoms with Gasteiger partial charge in [-0.2, -0.15) is 5.26 Å². The fourth-order valence-electron chi connectivity index (χ4n) is 1.32. The lowest BCUT2D eigenvalue weighted by atomic mass is 9.98. The number of aldehydes is 1. The third-order valence-corrected chi connectivity index (χ3v) is 2.16. The van der Waals surface area contributed by atoms with Gasteiger partial charge in [0.05, 0.1) is 18.6 Å². The molecule has 0 saturated heterocycles. The van der Waals surface area contributed by atoms with Gasteiger partial charge in [0.25, 0.3) is 0 Å². The highest BCUT2D eigenvalue weighted by atomic mass is 19.1. The van der Waals surface area contributed by atoms with Gasteiger partial charge in [0.15, 0.2) is 0 Å². The smallest absolute Gasteiger partial charge is 0.150 e. The van der Waals surface area contributed by atoms with Gasteiger partial charge in [-0.1, -0.05) is 0 Å². The molecule has 0 fully saturated rings. The second-order valence-corrected chi connectivity index (χ2v) is 3.27. The van der Waals surface area contributed by atoms with Crippen molar-refractivity contribution in [1.82, 2.24) is 0 Å². The summed E-state index contributed by atoms with van der Waals surface area (Å²) in [4.78, 5) is 10.6. The van der Waals surface area contributed by atoms with Gasteiger partial charge in [-0.25, -0.2) is 4.39 Å². The van der Waals surface area contributed by atoms with Crippen molar-refractivity contribution < 1.29 is 19.4 Å². The molecule has 0 radical (unpaired) electrons. The Morgan fingerprint density at radius 2 is 2.19 bits per heavy atom. The molecule has 1 rings (SSSR count). The zero-order chi connectivity index (χ0) is 12.1. The van der Waals surface area contributed by atoms with E-state index >= 15 is 0 Å². The van der Waals surface area contributed by atoms with Gasteiger partial charge in [0.1, 0.15) is 18.2 Å². The molecule has 0 aromatic heterocycles. The largest absolute Gasteiger partial charge is 0.389 e. The van der Waals surface area contributed by atoms with Gasteiger partial charge < -0.3 is 10.2 Å². The van der Waals surface area contributed by atoms with E-state index in [0.29, 0.717) is 6.29 Å². The van der Waals surface area contributed by atoms with Gasteiger partial charge in [-0.15, -0.1) is 0 Å². The number of nitriles is 1. The van der Waals surface area contributed by atoms with E-state index in [1.807, 2.05) is 0 Å². The number of carbonyl (C=O) groups is 1. The predicted molar refractivity (Wildman–Crippen MR) is 53.0 cm³/mol. The monoisotopic (exact) mass is 223 g/mol. The van der Waals surface area contributed by atoms with E-state index in [2.05, 4.69) is 0 Å². The molecule has 0 amide bonds. The van der Waals surface area contributed by atoms with E-state index in [-0.39, 0.29) is 17.5 Å². The fraction of sp³-hybridized carbons (Fsp3) is 0.273. The number of hydrogen-bond donors (Lipinski definition) is 2. The van der Waals surface area contributed by atoms with Crippen LogP contribution in [0, 0.1) is 17.1 Å². The first-order chi connectivity index (χ1) is 7.60. The van der Waals surface area contributed by atoms with Crippen molar-refractivity contribution in [2.45, 2.75) is 18.6 Å². The number of rotatable bonds is 4. The van der Waals surface area contributed by atoms with Crippen LogP contribution in [0.5, 0.6) is 0 Å². The van der Waals surface area contributed by atoms with Crippen LogP contribution in [-0.4, -0.2) is 22.6 Å². The molecule has 84 valence electrons. The summed E-state index contributed by atoms with van der Waals surface area (Å²) >= 11 is 0. The van der Waals surface area contributed by atoms with Crippen molar-refractivity contribution in [2.24, 2.45) is 0 Å². The lowest BCUT2D eigenvalue weighted by molar-refractivity contribution is 0.0211. The molecule has 0 bridgehead atoms. The zero-order valence-corrected chi connectivity index (χ0v) is 8.30. The summed E-state index contributed by atoms with van der Waals surface area (Å²) in [6.45, 7) is 0. The van der Waals surface area contributed by atoms with Crippen LogP contribution in [0.1, 0.15) is 28.4 Å². The lowest BCUT2D eigenvalue weighted by Crippen LogP contribution is -2.19. The Bertz CT molecular complexity index is 428. The van der Waals surface area contributed by atoms with Crippen LogP contribution in [0.3, 0.4) is 0 Å². The number of benzene rings is 1. The molecule has 2 unspecified atom stereocenters. The Kier molecular flexibility index (Phi) is 4.11. The fourth-order valence-corrected chi connectivity index (χ4v) is 1.32. The molecular weight excluding hydrogens is 213 g/mol. The van der Waals surface area contributed by atoms with E-state index in [4.69, 9.17) is 5.26 Å². The van der Waals surface area contributed by atoms with Crippen molar-refractivity contribution >= 4 is 6.29 Å². The Labute approximate surface area is 91.6 Å². The summed E-state index contributed by atoms with van der Waals surface area (Å²) in [7, 11) is 0. The molecule has 16 heavy (non-hydrogen) atoms. The van der Waals surface area contributed by atoms with E-state index in [1.165, 1.54) is 6.07 Å². The number of halogens is 1. The summed E-state index contributed by atoms with van der Waals surface area (Å²) in [6, 6.07) is 4.93. The Balaban J connectivity index is 3.06. The summed E-state index contributed by atoms with van der Waals surface area (Å²) < 4.78 is 12.9. The van der Waals surface area contributed by atoms with Crippen LogP contribution in [0.25, 0.3) is 0 Å². The SMILES string of the molecule is N#CCC(O)C(O)c1cc(F)ccc1C=O. The average molecular weight is 223 g/mol. The molecule has 1 aromatic carbocycles. The van der Waals surface area contributed by atoms with Crippen molar-refractivity contribution in [3.63, 3.8) is 0 Å². The van der Waals surface area contributed by atoms with Crippen molar-refractivity contribution in [1.29, 1.82) is 5.26 Å². The number of hydrogen-bond acceptors (Lipinski definition) is 4. The van der Waals surface area contributed by atoms with Gasteiger partial charge in [0, 0.05) is 5.56 Å². The second kappa shape index (κ2) is 5.35. The first kappa shape index (κ1) is 12.3. The van der Waals surface area contributed by atoms with Crippen LogP contribution in [0.15, 0.2) is 18.2 Å².